The molecule has 3 aromatic rings. The van der Waals surface area contributed by atoms with Gasteiger partial charge in [0.15, 0.2) is 0 Å². The number of ether oxygens (including phenoxy) is 1. The molecule has 2 aromatic heterocycles. The Bertz CT molecular complexity index is 1100. The smallest absolute Gasteiger partial charge is 0.268 e. The maximum atomic E-state index is 11.5. The average molecular weight is 406 g/mol. The van der Waals surface area contributed by atoms with E-state index >= 15 is 0 Å². The van der Waals surface area contributed by atoms with Gasteiger partial charge in [0.1, 0.15) is 6.33 Å². The lowest BCUT2D eigenvalue weighted by Crippen LogP contribution is -2.46. The van der Waals surface area contributed by atoms with Gasteiger partial charge in [-0.15, -0.1) is 0 Å². The van der Waals surface area contributed by atoms with Gasteiger partial charge in [-0.25, -0.2) is 9.97 Å². The Morgan fingerprint density at radius 1 is 1.10 bits per heavy atom. The summed E-state index contributed by atoms with van der Waals surface area (Å²) in [5.41, 5.74) is 2.93. The van der Waals surface area contributed by atoms with E-state index in [4.69, 9.17) is 4.74 Å². The Hall–Kier alpha value is -3.00. The second-order valence-electron chi connectivity index (χ2n) is 8.23. The SMILES string of the molecule is Cn1cc(CN2CCN(c3ccc4ncnc(OCC5CC5)c4c3)CC2)ncc1=O. The summed E-state index contributed by atoms with van der Waals surface area (Å²) >= 11 is 0. The molecule has 5 rings (SSSR count). The fraction of sp³-hybridized carbons (Fsp3) is 0.455. The lowest BCUT2D eigenvalue weighted by Gasteiger charge is -2.36. The summed E-state index contributed by atoms with van der Waals surface area (Å²) in [7, 11) is 1.76. The van der Waals surface area contributed by atoms with Crippen molar-refractivity contribution in [2.24, 2.45) is 13.0 Å². The molecule has 30 heavy (non-hydrogen) atoms. The molecular formula is C22H26N6O2. The standard InChI is InChI=1S/C22H26N6O2/c1-26-12-17(23-11-21(26)29)13-27-6-8-28(9-7-27)18-4-5-20-19(10-18)22(25-15-24-20)30-14-16-2-3-16/h4-5,10-12,15-16H,2-3,6-9,13-14H2,1H3. The molecule has 2 aliphatic rings. The van der Waals surface area contributed by atoms with Gasteiger partial charge in [-0.1, -0.05) is 0 Å². The highest BCUT2D eigenvalue weighted by Crippen LogP contribution is 2.32. The number of nitrogens with zero attached hydrogens (tertiary/aromatic N) is 6. The minimum atomic E-state index is -0.0793. The van der Waals surface area contributed by atoms with Crippen molar-refractivity contribution in [2.75, 3.05) is 37.7 Å². The molecule has 0 unspecified atom stereocenters. The van der Waals surface area contributed by atoms with Crippen LogP contribution in [0.25, 0.3) is 10.9 Å². The summed E-state index contributed by atoms with van der Waals surface area (Å²) < 4.78 is 7.56. The first-order valence-electron chi connectivity index (χ1n) is 10.5. The molecule has 8 nitrogen and oxygen atoms in total. The number of rotatable bonds is 6. The molecule has 1 aliphatic carbocycles. The number of piperazine rings is 1. The Kier molecular flexibility index (Phi) is 5.08. The van der Waals surface area contributed by atoms with Crippen LogP contribution in [0.15, 0.2) is 41.7 Å². The molecular weight excluding hydrogens is 380 g/mol. The van der Waals surface area contributed by atoms with Crippen LogP contribution in [-0.2, 0) is 13.6 Å². The van der Waals surface area contributed by atoms with Crippen LogP contribution >= 0.6 is 0 Å². The van der Waals surface area contributed by atoms with Crippen LogP contribution in [0.2, 0.25) is 0 Å². The third-order valence-electron chi connectivity index (χ3n) is 5.89. The summed E-state index contributed by atoms with van der Waals surface area (Å²) in [6, 6.07) is 6.34. The normalized spacial score (nSPS) is 17.4. The van der Waals surface area contributed by atoms with Crippen LogP contribution in [0.1, 0.15) is 18.5 Å². The van der Waals surface area contributed by atoms with Crippen LogP contribution < -0.4 is 15.2 Å². The third-order valence-corrected chi connectivity index (χ3v) is 5.89. The fourth-order valence-electron chi connectivity index (χ4n) is 3.84. The summed E-state index contributed by atoms with van der Waals surface area (Å²) in [5.74, 6) is 1.38. The van der Waals surface area contributed by atoms with Crippen LogP contribution in [0.4, 0.5) is 5.69 Å². The lowest BCUT2D eigenvalue weighted by atomic mass is 10.2. The minimum Gasteiger partial charge on any atom is -0.477 e. The van der Waals surface area contributed by atoms with E-state index in [1.165, 1.54) is 24.7 Å². The van der Waals surface area contributed by atoms with Gasteiger partial charge < -0.3 is 14.2 Å². The number of hydrogen-bond acceptors (Lipinski definition) is 7. The molecule has 0 spiro atoms. The van der Waals surface area contributed by atoms with Crippen molar-refractivity contribution in [1.82, 2.24) is 24.4 Å². The molecule has 8 heteroatoms. The van der Waals surface area contributed by atoms with Gasteiger partial charge in [-0.3, -0.25) is 14.7 Å². The van der Waals surface area contributed by atoms with Crippen molar-refractivity contribution in [3.8, 4) is 5.88 Å². The van der Waals surface area contributed by atoms with E-state index in [-0.39, 0.29) is 5.56 Å². The Balaban J connectivity index is 1.26. The Morgan fingerprint density at radius 2 is 1.93 bits per heavy atom. The van der Waals surface area contributed by atoms with Gasteiger partial charge in [-0.2, -0.15) is 0 Å². The van der Waals surface area contributed by atoms with Crippen molar-refractivity contribution in [3.63, 3.8) is 0 Å². The zero-order valence-electron chi connectivity index (χ0n) is 17.2. The highest BCUT2D eigenvalue weighted by Gasteiger charge is 2.23. The van der Waals surface area contributed by atoms with Crippen LogP contribution in [0.5, 0.6) is 5.88 Å². The first kappa shape index (κ1) is 19.0. The average Bonchev–Trinajstić information content (AvgIpc) is 3.60. The van der Waals surface area contributed by atoms with Crippen molar-refractivity contribution >= 4 is 16.6 Å². The molecule has 1 aromatic carbocycles. The number of benzene rings is 1. The Labute approximate surface area is 175 Å². The molecule has 1 saturated heterocycles. The molecule has 0 N–H and O–H groups in total. The molecule has 3 heterocycles. The summed E-state index contributed by atoms with van der Waals surface area (Å²) in [6.07, 6.45) is 7.31. The highest BCUT2D eigenvalue weighted by atomic mass is 16.5. The number of hydrogen-bond donors (Lipinski definition) is 0. The first-order chi connectivity index (χ1) is 14.7. The highest BCUT2D eigenvalue weighted by molar-refractivity contribution is 5.86. The van der Waals surface area contributed by atoms with Crippen molar-refractivity contribution in [2.45, 2.75) is 19.4 Å². The zero-order valence-corrected chi connectivity index (χ0v) is 17.2. The van der Waals surface area contributed by atoms with Crippen molar-refractivity contribution in [3.05, 3.63) is 53.0 Å². The van der Waals surface area contributed by atoms with Gasteiger partial charge in [-0.05, 0) is 37.0 Å². The van der Waals surface area contributed by atoms with Gasteiger partial charge in [0.05, 0.1) is 29.4 Å². The van der Waals surface area contributed by atoms with Crippen molar-refractivity contribution < 1.29 is 4.74 Å². The monoisotopic (exact) mass is 406 g/mol. The van der Waals surface area contributed by atoms with E-state index in [2.05, 4.69) is 43.0 Å². The van der Waals surface area contributed by atoms with Gasteiger partial charge in [0, 0.05) is 51.7 Å². The Morgan fingerprint density at radius 3 is 2.70 bits per heavy atom. The van der Waals surface area contributed by atoms with E-state index in [9.17, 15) is 4.79 Å². The molecule has 0 amide bonds. The predicted octanol–water partition coefficient (Wildman–Crippen LogP) is 1.83. The fourth-order valence-corrected chi connectivity index (χ4v) is 3.84. The van der Waals surface area contributed by atoms with Gasteiger partial charge in [0.25, 0.3) is 5.56 Å². The second-order valence-corrected chi connectivity index (χ2v) is 8.23. The largest absolute Gasteiger partial charge is 0.477 e. The number of aryl methyl sites for hydroxylation is 1. The van der Waals surface area contributed by atoms with E-state index in [1.807, 2.05) is 6.20 Å². The summed E-state index contributed by atoms with van der Waals surface area (Å²) in [6.45, 7) is 5.25. The van der Waals surface area contributed by atoms with Crippen LogP contribution in [0.3, 0.4) is 0 Å². The summed E-state index contributed by atoms with van der Waals surface area (Å²) in [5, 5.41) is 0.979. The van der Waals surface area contributed by atoms with E-state index in [1.54, 1.807) is 17.9 Å². The van der Waals surface area contributed by atoms with E-state index < -0.39 is 0 Å². The number of fused-ring (bicyclic) bond motifs is 1. The molecule has 2 fully saturated rings. The number of aromatic nitrogens is 4. The van der Waals surface area contributed by atoms with Crippen LogP contribution in [0, 0.1) is 5.92 Å². The maximum Gasteiger partial charge on any atom is 0.268 e. The maximum absolute atomic E-state index is 11.5. The van der Waals surface area contributed by atoms with Gasteiger partial charge in [0.2, 0.25) is 5.88 Å². The summed E-state index contributed by atoms with van der Waals surface area (Å²) in [4.78, 5) is 29.3. The second kappa shape index (κ2) is 8.02. The van der Waals surface area contributed by atoms with E-state index in [0.29, 0.717) is 11.8 Å². The molecule has 156 valence electrons. The van der Waals surface area contributed by atoms with Crippen LogP contribution in [-0.4, -0.2) is 57.2 Å². The number of anilines is 1. The lowest BCUT2D eigenvalue weighted by molar-refractivity contribution is 0.246. The molecule has 0 bridgehead atoms. The topological polar surface area (TPSA) is 76.4 Å². The molecule has 1 aliphatic heterocycles. The predicted molar refractivity (Wildman–Crippen MR) is 115 cm³/mol. The third kappa shape index (κ3) is 4.14. The molecule has 0 radical (unpaired) electrons. The van der Waals surface area contributed by atoms with E-state index in [0.717, 1.165) is 55.9 Å². The first-order valence-corrected chi connectivity index (χ1v) is 10.5. The molecule has 1 saturated carbocycles. The quantitative estimate of drug-likeness (QED) is 0.618. The van der Waals surface area contributed by atoms with Crippen molar-refractivity contribution in [1.29, 1.82) is 0 Å². The van der Waals surface area contributed by atoms with Gasteiger partial charge >= 0.3 is 0 Å². The zero-order chi connectivity index (χ0) is 20.5. The minimum absolute atomic E-state index is 0.0793. The molecule has 0 atom stereocenters.